The maximum atomic E-state index is 6.34. The van der Waals surface area contributed by atoms with Crippen molar-refractivity contribution < 1.29 is 0 Å². The molecular weight excluding hydrogens is 288 g/mol. The van der Waals surface area contributed by atoms with Crippen molar-refractivity contribution in [1.82, 2.24) is 4.98 Å². The number of rotatable bonds is 6. The van der Waals surface area contributed by atoms with Gasteiger partial charge in [-0.1, -0.05) is 26.7 Å². The summed E-state index contributed by atoms with van der Waals surface area (Å²) in [5.74, 6) is 1.43. The fourth-order valence-corrected chi connectivity index (χ4v) is 2.51. The normalized spacial score (nSPS) is 12.8. The number of anilines is 1. The first-order valence-electron chi connectivity index (χ1n) is 5.67. The van der Waals surface area contributed by atoms with Gasteiger partial charge in [0, 0.05) is 12.7 Å². The van der Waals surface area contributed by atoms with Crippen molar-refractivity contribution in [2.45, 2.75) is 32.1 Å². The van der Waals surface area contributed by atoms with E-state index in [2.05, 4.69) is 40.1 Å². The molecule has 4 heteroatoms. The van der Waals surface area contributed by atoms with Crippen LogP contribution in [0.4, 0.5) is 5.82 Å². The van der Waals surface area contributed by atoms with Crippen LogP contribution < -0.4 is 5.32 Å². The fraction of sp³-hybridized carbons (Fsp3) is 0.583. The van der Waals surface area contributed by atoms with Crippen LogP contribution in [0.25, 0.3) is 0 Å². The molecule has 0 fully saturated rings. The summed E-state index contributed by atoms with van der Waals surface area (Å²) in [4.78, 5) is 4.24. The number of aromatic nitrogens is 1. The Balaban J connectivity index is 2.48. The quantitative estimate of drug-likeness (QED) is 0.793. The summed E-state index contributed by atoms with van der Waals surface area (Å²) in [5.41, 5.74) is 0. The zero-order chi connectivity index (χ0) is 12.0. The minimum atomic E-state index is 0.156. The molecule has 2 nitrogen and oxygen atoms in total. The molecule has 90 valence electrons. The third kappa shape index (κ3) is 3.95. The predicted molar refractivity (Wildman–Crippen MR) is 74.1 cm³/mol. The van der Waals surface area contributed by atoms with Crippen LogP contribution in [0.3, 0.4) is 0 Å². The summed E-state index contributed by atoms with van der Waals surface area (Å²) in [6, 6.07) is 3.87. The molecule has 1 atom stereocenters. The summed E-state index contributed by atoms with van der Waals surface area (Å²) in [6.07, 6.45) is 4.01. The minimum absolute atomic E-state index is 0.156. The molecule has 0 bridgehead atoms. The van der Waals surface area contributed by atoms with Crippen molar-refractivity contribution in [1.29, 1.82) is 0 Å². The molecule has 0 radical (unpaired) electrons. The van der Waals surface area contributed by atoms with Crippen LogP contribution in [0.2, 0.25) is 0 Å². The maximum Gasteiger partial charge on any atom is 0.140 e. The molecule has 0 spiro atoms. The Kier molecular flexibility index (Phi) is 6.14. The lowest BCUT2D eigenvalue weighted by Gasteiger charge is -2.20. The van der Waals surface area contributed by atoms with E-state index in [-0.39, 0.29) is 5.38 Å². The fourth-order valence-electron chi connectivity index (χ4n) is 1.68. The first kappa shape index (κ1) is 13.8. The van der Waals surface area contributed by atoms with Crippen LogP contribution in [0.15, 0.2) is 22.8 Å². The molecule has 0 aliphatic heterocycles. The van der Waals surface area contributed by atoms with E-state index < -0.39 is 0 Å². The standard InChI is InChI=1S/C12H18BrClN2/c1-3-9(4-2)11(14)8-16-12-10(13)6-5-7-15-12/h5-7,9,11H,3-4,8H2,1-2H3,(H,15,16). The van der Waals surface area contributed by atoms with E-state index in [1.54, 1.807) is 6.20 Å². The Bertz CT molecular complexity index is 316. The van der Waals surface area contributed by atoms with Gasteiger partial charge in [-0.05, 0) is 34.0 Å². The molecule has 1 heterocycles. The number of nitrogens with zero attached hydrogens (tertiary/aromatic N) is 1. The van der Waals surface area contributed by atoms with Gasteiger partial charge in [0.1, 0.15) is 5.82 Å². The highest BCUT2D eigenvalue weighted by Crippen LogP contribution is 2.22. The Morgan fingerprint density at radius 3 is 2.69 bits per heavy atom. The number of alkyl halides is 1. The predicted octanol–water partition coefficient (Wildman–Crippen LogP) is 4.30. The van der Waals surface area contributed by atoms with Gasteiger partial charge in [-0.2, -0.15) is 0 Å². The number of halogens is 2. The Labute approximate surface area is 111 Å². The molecule has 0 aliphatic carbocycles. The molecule has 1 aromatic heterocycles. The lowest BCUT2D eigenvalue weighted by molar-refractivity contribution is 0.475. The molecule has 1 rings (SSSR count). The second-order valence-corrected chi connectivity index (χ2v) is 5.22. The van der Waals surface area contributed by atoms with Gasteiger partial charge in [0.05, 0.1) is 9.85 Å². The number of hydrogen-bond donors (Lipinski definition) is 1. The van der Waals surface area contributed by atoms with E-state index in [9.17, 15) is 0 Å². The number of nitrogens with one attached hydrogen (secondary N) is 1. The average molecular weight is 306 g/mol. The summed E-state index contributed by atoms with van der Waals surface area (Å²) in [6.45, 7) is 5.12. The molecular formula is C12H18BrClN2. The van der Waals surface area contributed by atoms with Crippen molar-refractivity contribution in [3.05, 3.63) is 22.8 Å². The van der Waals surface area contributed by atoms with Crippen LogP contribution >= 0.6 is 27.5 Å². The van der Waals surface area contributed by atoms with Crippen LogP contribution in [0.5, 0.6) is 0 Å². The van der Waals surface area contributed by atoms with Gasteiger partial charge in [-0.25, -0.2) is 4.98 Å². The zero-order valence-electron chi connectivity index (χ0n) is 9.71. The van der Waals surface area contributed by atoms with Crippen molar-refractivity contribution in [3.8, 4) is 0 Å². The summed E-state index contributed by atoms with van der Waals surface area (Å²) in [5, 5.41) is 3.43. The molecule has 16 heavy (non-hydrogen) atoms. The van der Waals surface area contributed by atoms with Gasteiger partial charge in [0.15, 0.2) is 0 Å². The second kappa shape index (κ2) is 7.13. The SMILES string of the molecule is CCC(CC)C(Cl)CNc1ncccc1Br. The van der Waals surface area contributed by atoms with Crippen molar-refractivity contribution in [2.24, 2.45) is 5.92 Å². The lowest BCUT2D eigenvalue weighted by atomic mass is 9.99. The van der Waals surface area contributed by atoms with E-state index >= 15 is 0 Å². The van der Waals surface area contributed by atoms with Crippen LogP contribution in [0, 0.1) is 5.92 Å². The Hall–Kier alpha value is -0.280. The number of hydrogen-bond acceptors (Lipinski definition) is 2. The van der Waals surface area contributed by atoms with Gasteiger partial charge < -0.3 is 5.32 Å². The van der Waals surface area contributed by atoms with Gasteiger partial charge in [-0.15, -0.1) is 11.6 Å². The highest BCUT2D eigenvalue weighted by molar-refractivity contribution is 9.10. The van der Waals surface area contributed by atoms with Gasteiger partial charge in [-0.3, -0.25) is 0 Å². The molecule has 0 saturated heterocycles. The highest BCUT2D eigenvalue weighted by Gasteiger charge is 2.15. The smallest absolute Gasteiger partial charge is 0.140 e. The third-order valence-corrected chi connectivity index (χ3v) is 3.93. The summed E-state index contributed by atoms with van der Waals surface area (Å²) in [7, 11) is 0. The van der Waals surface area contributed by atoms with E-state index in [0.717, 1.165) is 29.7 Å². The molecule has 0 aromatic carbocycles. The van der Waals surface area contributed by atoms with Crippen LogP contribution in [-0.2, 0) is 0 Å². The lowest BCUT2D eigenvalue weighted by Crippen LogP contribution is -2.23. The number of pyridine rings is 1. The monoisotopic (exact) mass is 304 g/mol. The van der Waals surface area contributed by atoms with Crippen molar-refractivity contribution in [2.75, 3.05) is 11.9 Å². The molecule has 1 aromatic rings. The summed E-state index contributed by atoms with van der Waals surface area (Å²) < 4.78 is 0.975. The largest absolute Gasteiger partial charge is 0.368 e. The molecule has 0 amide bonds. The van der Waals surface area contributed by atoms with E-state index in [1.165, 1.54) is 0 Å². The minimum Gasteiger partial charge on any atom is -0.368 e. The topological polar surface area (TPSA) is 24.9 Å². The molecule has 1 N–H and O–H groups in total. The van der Waals surface area contributed by atoms with E-state index in [1.807, 2.05) is 12.1 Å². The third-order valence-electron chi connectivity index (χ3n) is 2.78. The average Bonchev–Trinajstić information content (AvgIpc) is 2.29. The van der Waals surface area contributed by atoms with Crippen molar-refractivity contribution in [3.63, 3.8) is 0 Å². The highest BCUT2D eigenvalue weighted by atomic mass is 79.9. The Morgan fingerprint density at radius 1 is 1.44 bits per heavy atom. The second-order valence-electron chi connectivity index (χ2n) is 3.81. The zero-order valence-corrected chi connectivity index (χ0v) is 12.1. The van der Waals surface area contributed by atoms with Crippen molar-refractivity contribution >= 4 is 33.3 Å². The first-order valence-corrected chi connectivity index (χ1v) is 6.90. The van der Waals surface area contributed by atoms with Gasteiger partial charge in [0.2, 0.25) is 0 Å². The van der Waals surface area contributed by atoms with Crippen LogP contribution in [-0.4, -0.2) is 16.9 Å². The van der Waals surface area contributed by atoms with Gasteiger partial charge in [0.25, 0.3) is 0 Å². The first-order chi connectivity index (χ1) is 7.69. The molecule has 0 saturated carbocycles. The van der Waals surface area contributed by atoms with E-state index in [4.69, 9.17) is 11.6 Å². The molecule has 0 aliphatic rings. The summed E-state index contributed by atoms with van der Waals surface area (Å²) >= 11 is 9.79. The van der Waals surface area contributed by atoms with Crippen LogP contribution in [0.1, 0.15) is 26.7 Å². The molecule has 1 unspecified atom stereocenters. The maximum absolute atomic E-state index is 6.34. The van der Waals surface area contributed by atoms with E-state index in [0.29, 0.717) is 5.92 Å². The van der Waals surface area contributed by atoms with Gasteiger partial charge >= 0.3 is 0 Å². The Morgan fingerprint density at radius 2 is 2.12 bits per heavy atom.